The van der Waals surface area contributed by atoms with E-state index in [0.717, 1.165) is 0 Å². The molecule has 0 bridgehead atoms. The molecule has 4 amide bonds. The summed E-state index contributed by atoms with van der Waals surface area (Å²) >= 11 is 0. The minimum Gasteiger partial charge on any atom is -0.346 e. The lowest BCUT2D eigenvalue weighted by atomic mass is 10.1. The third-order valence-corrected chi connectivity index (χ3v) is 4.90. The SMILES string of the molecule is CN1CCn2nc(C(=O)N[C@@H]3C[C@H]4C(=O)NCC(=O)N4C3)cc2C1=O. The number of hydrogen-bond donors (Lipinski definition) is 2. The van der Waals surface area contributed by atoms with Crippen LogP contribution in [-0.2, 0) is 16.1 Å². The summed E-state index contributed by atoms with van der Waals surface area (Å²) in [4.78, 5) is 51.3. The second-order valence-electron chi connectivity index (χ2n) is 6.55. The summed E-state index contributed by atoms with van der Waals surface area (Å²) in [5, 5.41) is 9.56. The van der Waals surface area contributed by atoms with Gasteiger partial charge in [0.25, 0.3) is 11.8 Å². The van der Waals surface area contributed by atoms with Crippen LogP contribution in [0.15, 0.2) is 6.07 Å². The van der Waals surface area contributed by atoms with Crippen LogP contribution in [0.25, 0.3) is 0 Å². The number of fused-ring (bicyclic) bond motifs is 2. The molecule has 2 atom stereocenters. The second-order valence-corrected chi connectivity index (χ2v) is 6.55. The molecule has 2 saturated heterocycles. The van der Waals surface area contributed by atoms with Gasteiger partial charge in [0, 0.05) is 32.2 Å². The summed E-state index contributed by atoms with van der Waals surface area (Å²) in [6, 6.07) is 0.632. The molecule has 25 heavy (non-hydrogen) atoms. The van der Waals surface area contributed by atoms with Crippen LogP contribution >= 0.6 is 0 Å². The molecule has 3 aliphatic heterocycles. The number of aromatic nitrogens is 2. The second kappa shape index (κ2) is 5.57. The summed E-state index contributed by atoms with van der Waals surface area (Å²) in [5.74, 6) is -0.914. The molecule has 10 heteroatoms. The highest BCUT2D eigenvalue weighted by molar-refractivity contribution is 5.99. The lowest BCUT2D eigenvalue weighted by Crippen LogP contribution is -2.55. The summed E-state index contributed by atoms with van der Waals surface area (Å²) in [6.45, 7) is 1.39. The van der Waals surface area contributed by atoms with Crippen molar-refractivity contribution in [2.75, 3.05) is 26.7 Å². The number of rotatable bonds is 2. The zero-order chi connectivity index (χ0) is 17.7. The number of likely N-dealkylation sites (N-methyl/N-ethyl adjacent to an activating group) is 1. The summed E-state index contributed by atoms with van der Waals surface area (Å²) in [5.41, 5.74) is 0.552. The summed E-state index contributed by atoms with van der Waals surface area (Å²) in [6.07, 6.45) is 0.374. The Morgan fingerprint density at radius 1 is 1.32 bits per heavy atom. The van der Waals surface area contributed by atoms with E-state index in [4.69, 9.17) is 0 Å². The molecule has 2 N–H and O–H groups in total. The van der Waals surface area contributed by atoms with Crippen molar-refractivity contribution in [1.29, 1.82) is 0 Å². The van der Waals surface area contributed by atoms with E-state index >= 15 is 0 Å². The van der Waals surface area contributed by atoms with Gasteiger partial charge >= 0.3 is 0 Å². The Balaban J connectivity index is 1.47. The highest BCUT2D eigenvalue weighted by Crippen LogP contribution is 2.21. The number of nitrogens with one attached hydrogen (secondary N) is 2. The third-order valence-electron chi connectivity index (χ3n) is 4.90. The molecule has 10 nitrogen and oxygen atoms in total. The first-order valence-corrected chi connectivity index (χ1v) is 8.15. The predicted octanol–water partition coefficient (Wildman–Crippen LogP) is -2.20. The smallest absolute Gasteiger partial charge is 0.272 e. The average Bonchev–Trinajstić information content (AvgIpc) is 3.20. The molecule has 1 aromatic rings. The van der Waals surface area contributed by atoms with Gasteiger partial charge in [0.05, 0.1) is 13.1 Å². The predicted molar refractivity (Wildman–Crippen MR) is 83.6 cm³/mol. The van der Waals surface area contributed by atoms with E-state index in [1.165, 1.54) is 15.6 Å². The van der Waals surface area contributed by atoms with Gasteiger partial charge in [0.2, 0.25) is 11.8 Å². The fraction of sp³-hybridized carbons (Fsp3) is 0.533. The number of piperazine rings is 1. The molecule has 0 aromatic carbocycles. The van der Waals surface area contributed by atoms with E-state index < -0.39 is 11.9 Å². The Hall–Kier alpha value is -2.91. The molecule has 2 fully saturated rings. The van der Waals surface area contributed by atoms with Crippen LogP contribution in [0.3, 0.4) is 0 Å². The van der Waals surface area contributed by atoms with Gasteiger partial charge < -0.3 is 20.4 Å². The maximum absolute atomic E-state index is 12.5. The van der Waals surface area contributed by atoms with Crippen molar-refractivity contribution in [3.05, 3.63) is 17.5 Å². The molecule has 0 spiro atoms. The highest BCUT2D eigenvalue weighted by atomic mass is 16.2. The third kappa shape index (κ3) is 2.53. The van der Waals surface area contributed by atoms with E-state index in [9.17, 15) is 19.2 Å². The largest absolute Gasteiger partial charge is 0.346 e. The Morgan fingerprint density at radius 2 is 2.12 bits per heavy atom. The standard InChI is InChI=1S/C15H18N6O4/c1-19-2-3-21-11(15(19)25)5-9(18-21)13(23)17-8-4-10-14(24)16-6-12(22)20(10)7-8/h5,8,10H,2-4,6-7H2,1H3,(H,16,24)(H,17,23)/t8-,10+/m1/s1. The lowest BCUT2D eigenvalue weighted by Gasteiger charge is -2.28. The van der Waals surface area contributed by atoms with E-state index in [2.05, 4.69) is 15.7 Å². The molecular weight excluding hydrogens is 328 g/mol. The molecule has 132 valence electrons. The highest BCUT2D eigenvalue weighted by Gasteiger charge is 2.43. The van der Waals surface area contributed by atoms with Gasteiger partial charge in [-0.1, -0.05) is 0 Å². The zero-order valence-electron chi connectivity index (χ0n) is 13.7. The molecule has 0 aliphatic carbocycles. The first-order chi connectivity index (χ1) is 11.9. The van der Waals surface area contributed by atoms with Gasteiger partial charge in [0.15, 0.2) is 5.69 Å². The van der Waals surface area contributed by atoms with Crippen LogP contribution in [0.2, 0.25) is 0 Å². The molecule has 4 rings (SSSR count). The van der Waals surface area contributed by atoms with Crippen molar-refractivity contribution in [3.63, 3.8) is 0 Å². The minimum absolute atomic E-state index is 0.000600. The first kappa shape index (κ1) is 15.6. The van der Waals surface area contributed by atoms with Crippen LogP contribution in [0, 0.1) is 0 Å². The van der Waals surface area contributed by atoms with Gasteiger partial charge in [0.1, 0.15) is 11.7 Å². The average molecular weight is 346 g/mol. The van der Waals surface area contributed by atoms with E-state index in [1.807, 2.05) is 0 Å². The van der Waals surface area contributed by atoms with Crippen molar-refractivity contribution in [2.24, 2.45) is 0 Å². The summed E-state index contributed by atoms with van der Waals surface area (Å²) < 4.78 is 1.53. The van der Waals surface area contributed by atoms with Crippen molar-refractivity contribution >= 4 is 23.6 Å². The number of hydrogen-bond acceptors (Lipinski definition) is 5. The number of carbonyl (C=O) groups is 4. The van der Waals surface area contributed by atoms with Crippen LogP contribution in [0.5, 0.6) is 0 Å². The van der Waals surface area contributed by atoms with Crippen LogP contribution in [0.4, 0.5) is 0 Å². The maximum Gasteiger partial charge on any atom is 0.272 e. The fourth-order valence-electron chi connectivity index (χ4n) is 3.52. The quantitative estimate of drug-likeness (QED) is 0.630. The van der Waals surface area contributed by atoms with Crippen molar-refractivity contribution in [1.82, 2.24) is 30.2 Å². The molecule has 0 unspecified atom stereocenters. The topological polar surface area (TPSA) is 117 Å². The van der Waals surface area contributed by atoms with Crippen LogP contribution in [0.1, 0.15) is 27.4 Å². The molecule has 4 heterocycles. The van der Waals surface area contributed by atoms with E-state index in [1.54, 1.807) is 11.9 Å². The normalized spacial score (nSPS) is 25.6. The molecule has 0 saturated carbocycles. The van der Waals surface area contributed by atoms with Gasteiger partial charge in [-0.15, -0.1) is 0 Å². The lowest BCUT2D eigenvalue weighted by molar-refractivity contribution is -0.143. The fourth-order valence-corrected chi connectivity index (χ4v) is 3.52. The molecule has 0 radical (unpaired) electrons. The first-order valence-electron chi connectivity index (χ1n) is 8.15. The zero-order valence-corrected chi connectivity index (χ0v) is 13.7. The minimum atomic E-state index is -0.531. The maximum atomic E-state index is 12.5. The van der Waals surface area contributed by atoms with Gasteiger partial charge in [-0.3, -0.25) is 23.9 Å². The van der Waals surface area contributed by atoms with Crippen molar-refractivity contribution in [2.45, 2.75) is 25.0 Å². The van der Waals surface area contributed by atoms with E-state index in [0.29, 0.717) is 31.7 Å². The van der Waals surface area contributed by atoms with Crippen molar-refractivity contribution < 1.29 is 19.2 Å². The van der Waals surface area contributed by atoms with Crippen LogP contribution < -0.4 is 10.6 Å². The van der Waals surface area contributed by atoms with Gasteiger partial charge in [-0.2, -0.15) is 5.10 Å². The van der Waals surface area contributed by atoms with Crippen LogP contribution in [-0.4, -0.2) is 82.0 Å². The number of amides is 4. The Kier molecular flexibility index (Phi) is 3.48. The Morgan fingerprint density at radius 3 is 2.88 bits per heavy atom. The van der Waals surface area contributed by atoms with E-state index in [-0.39, 0.29) is 36.0 Å². The Labute approximate surface area is 143 Å². The van der Waals surface area contributed by atoms with Crippen molar-refractivity contribution in [3.8, 4) is 0 Å². The molecule has 1 aromatic heterocycles. The van der Waals surface area contributed by atoms with Gasteiger partial charge in [-0.25, -0.2) is 0 Å². The Bertz CT molecular complexity index is 763. The summed E-state index contributed by atoms with van der Waals surface area (Å²) in [7, 11) is 1.70. The monoisotopic (exact) mass is 346 g/mol. The molecule has 3 aliphatic rings. The van der Waals surface area contributed by atoms with Gasteiger partial charge in [-0.05, 0) is 6.42 Å². The number of carbonyl (C=O) groups excluding carboxylic acids is 4. The molecular formula is C15H18N6O4. The number of nitrogens with zero attached hydrogens (tertiary/aromatic N) is 4.